The van der Waals surface area contributed by atoms with Crippen LogP contribution in [0.4, 0.5) is 4.79 Å². The number of urea groups is 1. The summed E-state index contributed by atoms with van der Waals surface area (Å²) in [6.45, 7) is 2.70. The van der Waals surface area contributed by atoms with Gasteiger partial charge in [-0.2, -0.15) is 11.8 Å². The van der Waals surface area contributed by atoms with Gasteiger partial charge in [-0.15, -0.1) is 0 Å². The van der Waals surface area contributed by atoms with Gasteiger partial charge in [-0.1, -0.05) is 0 Å². The summed E-state index contributed by atoms with van der Waals surface area (Å²) in [4.78, 5) is 26.9. The highest BCUT2D eigenvalue weighted by Crippen LogP contribution is 2.23. The van der Waals surface area contributed by atoms with Crippen LogP contribution in [0.25, 0.3) is 0 Å². The Morgan fingerprint density at radius 1 is 1.37 bits per heavy atom. The van der Waals surface area contributed by atoms with E-state index in [1.165, 1.54) is 0 Å². The van der Waals surface area contributed by atoms with E-state index in [-0.39, 0.29) is 18.5 Å². The molecule has 0 aromatic rings. The lowest BCUT2D eigenvalue weighted by Gasteiger charge is -2.37. The fourth-order valence-electron chi connectivity index (χ4n) is 2.66. The molecule has 0 aliphatic carbocycles. The van der Waals surface area contributed by atoms with E-state index in [9.17, 15) is 9.59 Å². The summed E-state index contributed by atoms with van der Waals surface area (Å²) >= 11 is 1.72. The molecule has 19 heavy (non-hydrogen) atoms. The number of carbonyl (C=O) groups is 2. The van der Waals surface area contributed by atoms with Gasteiger partial charge in [0.05, 0.1) is 12.5 Å². The van der Waals surface area contributed by atoms with Crippen molar-refractivity contribution in [2.45, 2.75) is 18.9 Å². The predicted octanol–water partition coefficient (Wildman–Crippen LogP) is 0.279. The number of thioether (sulfide) groups is 1. The number of likely N-dealkylation sites (tertiary alicyclic amines) is 1. The van der Waals surface area contributed by atoms with E-state index in [4.69, 9.17) is 10.8 Å². The van der Waals surface area contributed by atoms with Gasteiger partial charge in [0.25, 0.3) is 0 Å². The molecule has 7 heteroatoms. The van der Waals surface area contributed by atoms with Crippen molar-refractivity contribution in [3.63, 3.8) is 0 Å². The summed E-state index contributed by atoms with van der Waals surface area (Å²) in [5.74, 6) is 1.15. The minimum absolute atomic E-state index is 0.0116. The van der Waals surface area contributed by atoms with Crippen LogP contribution in [0.5, 0.6) is 0 Å². The van der Waals surface area contributed by atoms with E-state index in [2.05, 4.69) is 0 Å². The summed E-state index contributed by atoms with van der Waals surface area (Å²) in [6.07, 6.45) is 0.987. The molecule has 0 spiro atoms. The van der Waals surface area contributed by atoms with Crippen molar-refractivity contribution in [2.24, 2.45) is 11.7 Å². The number of aliphatic carboxylic acids is 1. The van der Waals surface area contributed by atoms with Crippen molar-refractivity contribution in [2.75, 3.05) is 37.7 Å². The number of nitrogens with two attached hydrogens (primary N) is 1. The smallest absolute Gasteiger partial charge is 0.320 e. The number of nitrogens with zero attached hydrogens (tertiary/aromatic N) is 2. The van der Waals surface area contributed by atoms with Crippen LogP contribution in [0.2, 0.25) is 0 Å². The van der Waals surface area contributed by atoms with Crippen LogP contribution in [-0.2, 0) is 4.79 Å². The Morgan fingerprint density at radius 2 is 2.16 bits per heavy atom. The van der Waals surface area contributed by atoms with Gasteiger partial charge >= 0.3 is 12.0 Å². The van der Waals surface area contributed by atoms with Gasteiger partial charge in [0, 0.05) is 31.1 Å². The van der Waals surface area contributed by atoms with Crippen molar-refractivity contribution in [1.29, 1.82) is 0 Å². The molecule has 0 bridgehead atoms. The van der Waals surface area contributed by atoms with E-state index < -0.39 is 5.97 Å². The molecule has 3 N–H and O–H groups in total. The Kier molecular flexibility index (Phi) is 4.93. The topological polar surface area (TPSA) is 86.9 Å². The molecule has 2 heterocycles. The van der Waals surface area contributed by atoms with Crippen LogP contribution in [0.15, 0.2) is 0 Å². The van der Waals surface area contributed by atoms with Gasteiger partial charge < -0.3 is 20.6 Å². The summed E-state index contributed by atoms with van der Waals surface area (Å²) in [5.41, 5.74) is 5.64. The average molecular weight is 287 g/mol. The monoisotopic (exact) mass is 287 g/mol. The molecule has 0 radical (unpaired) electrons. The molecule has 2 rings (SSSR count). The molecule has 0 saturated carbocycles. The number of carboxylic acids is 1. The maximum atomic E-state index is 12.5. The summed E-state index contributed by atoms with van der Waals surface area (Å²) in [6, 6.07) is -0.192. The number of amides is 2. The first-order chi connectivity index (χ1) is 9.11. The van der Waals surface area contributed by atoms with E-state index in [1.54, 1.807) is 16.7 Å². The third-order valence-corrected chi connectivity index (χ3v) is 4.86. The van der Waals surface area contributed by atoms with Crippen LogP contribution in [-0.4, -0.2) is 70.6 Å². The third-order valence-electron chi connectivity index (χ3n) is 3.77. The lowest BCUT2D eigenvalue weighted by molar-refractivity contribution is -0.138. The van der Waals surface area contributed by atoms with Crippen molar-refractivity contribution in [1.82, 2.24) is 9.80 Å². The first kappa shape index (κ1) is 14.5. The standard InChI is InChI=1S/C12H21N3O3S/c13-6-9-1-2-14(7-9)12(18)15-3-4-19-8-10(15)5-11(16)17/h9-10H,1-8,13H2,(H,16,17). The number of rotatable bonds is 3. The second kappa shape index (κ2) is 6.47. The average Bonchev–Trinajstić information content (AvgIpc) is 2.86. The predicted molar refractivity (Wildman–Crippen MR) is 74.2 cm³/mol. The Morgan fingerprint density at radius 3 is 2.79 bits per heavy atom. The molecule has 2 unspecified atom stereocenters. The number of hydrogen-bond donors (Lipinski definition) is 2. The Labute approximate surface area is 117 Å². The Balaban J connectivity index is 1.97. The molecule has 0 aromatic heterocycles. The van der Waals surface area contributed by atoms with Crippen LogP contribution in [0.1, 0.15) is 12.8 Å². The van der Waals surface area contributed by atoms with Crippen LogP contribution < -0.4 is 5.73 Å². The second-order valence-electron chi connectivity index (χ2n) is 5.14. The van der Waals surface area contributed by atoms with E-state index >= 15 is 0 Å². The lowest BCUT2D eigenvalue weighted by atomic mass is 10.1. The molecule has 108 valence electrons. The maximum absolute atomic E-state index is 12.5. The largest absolute Gasteiger partial charge is 0.481 e. The van der Waals surface area contributed by atoms with Gasteiger partial charge in [0.2, 0.25) is 0 Å². The molecular formula is C12H21N3O3S. The highest BCUT2D eigenvalue weighted by Gasteiger charge is 2.34. The number of hydrogen-bond acceptors (Lipinski definition) is 4. The van der Waals surface area contributed by atoms with Crippen LogP contribution >= 0.6 is 11.8 Å². The normalized spacial score (nSPS) is 27.6. The highest BCUT2D eigenvalue weighted by molar-refractivity contribution is 7.99. The number of carboxylic acid groups (broad SMARTS) is 1. The molecule has 2 aliphatic heterocycles. The highest BCUT2D eigenvalue weighted by atomic mass is 32.2. The Bertz CT molecular complexity index is 353. The van der Waals surface area contributed by atoms with Gasteiger partial charge in [0.1, 0.15) is 0 Å². The molecule has 0 aromatic carbocycles. The van der Waals surface area contributed by atoms with Gasteiger partial charge in [0.15, 0.2) is 0 Å². The SMILES string of the molecule is NCC1CCN(C(=O)N2CCSCC2CC(=O)O)C1. The number of carbonyl (C=O) groups excluding carboxylic acids is 1. The molecule has 2 amide bonds. The first-order valence-electron chi connectivity index (χ1n) is 6.67. The maximum Gasteiger partial charge on any atom is 0.320 e. The third kappa shape index (κ3) is 3.54. The quantitative estimate of drug-likeness (QED) is 0.778. The molecule has 2 aliphatic rings. The molecule has 2 fully saturated rings. The minimum atomic E-state index is -0.841. The molecule has 6 nitrogen and oxygen atoms in total. The second-order valence-corrected chi connectivity index (χ2v) is 6.29. The van der Waals surface area contributed by atoms with Crippen molar-refractivity contribution >= 4 is 23.8 Å². The van der Waals surface area contributed by atoms with Crippen LogP contribution in [0, 0.1) is 5.92 Å². The van der Waals surface area contributed by atoms with Crippen molar-refractivity contribution in [3.8, 4) is 0 Å². The fourth-order valence-corrected chi connectivity index (χ4v) is 3.72. The first-order valence-corrected chi connectivity index (χ1v) is 7.82. The molecule has 2 atom stereocenters. The van der Waals surface area contributed by atoms with E-state index in [0.717, 1.165) is 18.7 Å². The summed E-state index contributed by atoms with van der Waals surface area (Å²) in [5, 5.41) is 8.93. The summed E-state index contributed by atoms with van der Waals surface area (Å²) < 4.78 is 0. The van der Waals surface area contributed by atoms with Crippen LogP contribution in [0.3, 0.4) is 0 Å². The van der Waals surface area contributed by atoms with Crippen molar-refractivity contribution in [3.05, 3.63) is 0 Å². The zero-order valence-corrected chi connectivity index (χ0v) is 11.8. The van der Waals surface area contributed by atoms with E-state index in [1.807, 2.05) is 4.90 Å². The van der Waals surface area contributed by atoms with Gasteiger partial charge in [-0.3, -0.25) is 4.79 Å². The molecule has 2 saturated heterocycles. The summed E-state index contributed by atoms with van der Waals surface area (Å²) in [7, 11) is 0. The molecular weight excluding hydrogens is 266 g/mol. The minimum Gasteiger partial charge on any atom is -0.481 e. The lowest BCUT2D eigenvalue weighted by Crippen LogP contribution is -2.52. The zero-order chi connectivity index (χ0) is 13.8. The van der Waals surface area contributed by atoms with E-state index in [0.29, 0.717) is 31.3 Å². The zero-order valence-electron chi connectivity index (χ0n) is 11.0. The fraction of sp³-hybridized carbons (Fsp3) is 0.833. The van der Waals surface area contributed by atoms with Gasteiger partial charge in [-0.05, 0) is 18.9 Å². The van der Waals surface area contributed by atoms with Crippen molar-refractivity contribution < 1.29 is 14.7 Å². The van der Waals surface area contributed by atoms with Gasteiger partial charge in [-0.25, -0.2) is 4.79 Å². The Hall–Kier alpha value is -0.950.